The van der Waals surface area contributed by atoms with Crippen molar-refractivity contribution in [1.82, 2.24) is 5.48 Å². The van der Waals surface area contributed by atoms with E-state index < -0.39 is 36.1 Å². The van der Waals surface area contributed by atoms with E-state index in [1.165, 1.54) is 42.7 Å². The average Bonchev–Trinajstić information content (AvgIpc) is 2.93. The van der Waals surface area contributed by atoms with Crippen LogP contribution in [0.3, 0.4) is 0 Å². The minimum Gasteiger partial charge on any atom is -0.443 e. The molecular formula is C30H38N2O7. The molecule has 210 valence electrons. The fourth-order valence-electron chi connectivity index (χ4n) is 4.45. The van der Waals surface area contributed by atoms with E-state index in [0.29, 0.717) is 23.5 Å². The Hall–Kier alpha value is -3.72. The number of rotatable bonds is 8. The number of benzene rings is 2. The molecule has 3 rings (SSSR count). The van der Waals surface area contributed by atoms with Gasteiger partial charge in [0.05, 0.1) is 19.1 Å². The quantitative estimate of drug-likeness (QED) is 0.345. The van der Waals surface area contributed by atoms with Gasteiger partial charge in [-0.3, -0.25) is 14.5 Å². The lowest BCUT2D eigenvalue weighted by Crippen LogP contribution is -2.37. The maximum absolute atomic E-state index is 13.3. The summed E-state index contributed by atoms with van der Waals surface area (Å²) in [6.45, 7) is 6.29. The van der Waals surface area contributed by atoms with Crippen molar-refractivity contribution in [2.75, 3.05) is 11.5 Å². The standard InChI is InChI=1S/C30H38N2O7/c1-20(18-33)28(36)39-31-27(35)26-16-21(19-34)10-11-24(26)17-32(29(37)38-30(2,3)4)25-14-12-23(13-15-25)22-8-6-5-7-9-22/h10-16,19-20,22,33H,5-9,17-18H2,1-4H3,(H,31,35)/t20-/m1/s1. The first-order chi connectivity index (χ1) is 18.5. The van der Waals surface area contributed by atoms with Crippen molar-refractivity contribution in [1.29, 1.82) is 0 Å². The molecule has 9 nitrogen and oxygen atoms in total. The van der Waals surface area contributed by atoms with E-state index in [0.717, 1.165) is 12.8 Å². The van der Waals surface area contributed by atoms with E-state index in [1.807, 2.05) is 24.3 Å². The van der Waals surface area contributed by atoms with E-state index in [4.69, 9.17) is 14.7 Å². The summed E-state index contributed by atoms with van der Waals surface area (Å²) in [4.78, 5) is 55.9. The van der Waals surface area contributed by atoms with E-state index in [-0.39, 0.29) is 17.7 Å². The second-order valence-corrected chi connectivity index (χ2v) is 11.0. The molecular weight excluding hydrogens is 500 g/mol. The van der Waals surface area contributed by atoms with Gasteiger partial charge in [-0.25, -0.2) is 9.59 Å². The fraction of sp³-hybridized carbons (Fsp3) is 0.467. The molecule has 2 amide bonds. The molecule has 39 heavy (non-hydrogen) atoms. The number of aliphatic hydroxyl groups is 1. The van der Waals surface area contributed by atoms with Gasteiger partial charge < -0.3 is 14.7 Å². The molecule has 9 heteroatoms. The number of aldehydes is 1. The summed E-state index contributed by atoms with van der Waals surface area (Å²) in [6.07, 6.45) is 5.99. The summed E-state index contributed by atoms with van der Waals surface area (Å²) < 4.78 is 5.67. The van der Waals surface area contributed by atoms with Crippen molar-refractivity contribution >= 4 is 29.9 Å². The third-order valence-corrected chi connectivity index (χ3v) is 6.66. The van der Waals surface area contributed by atoms with E-state index in [9.17, 15) is 19.2 Å². The molecule has 0 aliphatic heterocycles. The van der Waals surface area contributed by atoms with Crippen LogP contribution in [-0.2, 0) is 20.9 Å². The normalized spacial score (nSPS) is 14.7. The van der Waals surface area contributed by atoms with Gasteiger partial charge in [-0.2, -0.15) is 5.48 Å². The minimum absolute atomic E-state index is 0.0411. The Morgan fingerprint density at radius 3 is 2.33 bits per heavy atom. The van der Waals surface area contributed by atoms with Crippen LogP contribution in [0.1, 0.15) is 97.6 Å². The number of hydroxylamine groups is 1. The Morgan fingerprint density at radius 2 is 1.74 bits per heavy atom. The van der Waals surface area contributed by atoms with Gasteiger partial charge in [0, 0.05) is 16.8 Å². The van der Waals surface area contributed by atoms with E-state index in [2.05, 4.69) is 5.48 Å². The number of anilines is 1. The molecule has 0 saturated heterocycles. The Balaban J connectivity index is 1.91. The maximum Gasteiger partial charge on any atom is 0.415 e. The molecule has 0 spiro atoms. The van der Waals surface area contributed by atoms with Gasteiger partial charge in [0.2, 0.25) is 0 Å². The molecule has 1 saturated carbocycles. The second-order valence-electron chi connectivity index (χ2n) is 11.0. The first-order valence-electron chi connectivity index (χ1n) is 13.3. The number of carbonyl (C=O) groups is 4. The Morgan fingerprint density at radius 1 is 1.08 bits per heavy atom. The zero-order valence-electron chi connectivity index (χ0n) is 23.1. The molecule has 2 N–H and O–H groups in total. The molecule has 1 aliphatic carbocycles. The Labute approximate surface area is 229 Å². The van der Waals surface area contributed by atoms with Crippen LogP contribution < -0.4 is 10.4 Å². The first kappa shape index (κ1) is 29.8. The summed E-state index contributed by atoms with van der Waals surface area (Å²) in [5, 5.41) is 9.13. The molecule has 1 atom stereocenters. The molecule has 0 radical (unpaired) electrons. The third-order valence-electron chi connectivity index (χ3n) is 6.66. The largest absolute Gasteiger partial charge is 0.443 e. The van der Waals surface area contributed by atoms with Gasteiger partial charge in [-0.1, -0.05) is 43.5 Å². The number of nitrogens with one attached hydrogen (secondary N) is 1. The molecule has 0 aromatic heterocycles. The molecule has 0 bridgehead atoms. The van der Waals surface area contributed by atoms with Crippen LogP contribution >= 0.6 is 0 Å². The summed E-state index contributed by atoms with van der Waals surface area (Å²) in [6, 6.07) is 12.3. The van der Waals surface area contributed by atoms with Crippen molar-refractivity contribution in [3.8, 4) is 0 Å². The lowest BCUT2D eigenvalue weighted by Gasteiger charge is -2.29. The van der Waals surface area contributed by atoms with Crippen LogP contribution in [0.5, 0.6) is 0 Å². The van der Waals surface area contributed by atoms with Gasteiger partial charge in [0.1, 0.15) is 11.9 Å². The number of carbonyl (C=O) groups excluding carboxylic acids is 4. The highest BCUT2D eigenvalue weighted by Gasteiger charge is 2.26. The van der Waals surface area contributed by atoms with Gasteiger partial charge in [-0.15, -0.1) is 0 Å². The average molecular weight is 539 g/mol. The number of hydrogen-bond acceptors (Lipinski definition) is 7. The number of nitrogens with zero attached hydrogens (tertiary/aromatic N) is 1. The highest BCUT2D eigenvalue weighted by Crippen LogP contribution is 2.34. The second kappa shape index (κ2) is 13.4. The van der Waals surface area contributed by atoms with Crippen LogP contribution in [0.2, 0.25) is 0 Å². The molecule has 1 aliphatic rings. The van der Waals surface area contributed by atoms with Crippen LogP contribution in [0.25, 0.3) is 0 Å². The topological polar surface area (TPSA) is 122 Å². The van der Waals surface area contributed by atoms with Crippen LogP contribution in [0.15, 0.2) is 42.5 Å². The van der Waals surface area contributed by atoms with E-state index >= 15 is 0 Å². The highest BCUT2D eigenvalue weighted by atomic mass is 16.7. The Kier molecular flexibility index (Phi) is 10.2. The molecule has 2 aromatic rings. The zero-order chi connectivity index (χ0) is 28.6. The van der Waals surface area contributed by atoms with Crippen LogP contribution in [0.4, 0.5) is 10.5 Å². The van der Waals surface area contributed by atoms with Gasteiger partial charge in [0.25, 0.3) is 5.91 Å². The maximum atomic E-state index is 13.3. The van der Waals surface area contributed by atoms with Crippen molar-refractivity contribution < 1.29 is 33.9 Å². The summed E-state index contributed by atoms with van der Waals surface area (Å²) in [7, 11) is 0. The van der Waals surface area contributed by atoms with Crippen LogP contribution in [0, 0.1) is 5.92 Å². The SMILES string of the molecule is C[C@H](CO)C(=O)ONC(=O)c1cc(C=O)ccc1CN(C(=O)OC(C)(C)C)c1ccc(C2CCCCC2)cc1. The van der Waals surface area contributed by atoms with Crippen molar-refractivity contribution in [3.63, 3.8) is 0 Å². The summed E-state index contributed by atoms with van der Waals surface area (Å²) >= 11 is 0. The lowest BCUT2D eigenvalue weighted by atomic mass is 9.84. The highest BCUT2D eigenvalue weighted by molar-refractivity contribution is 5.98. The number of amides is 2. The minimum atomic E-state index is -0.828. The molecule has 0 heterocycles. The van der Waals surface area contributed by atoms with Crippen molar-refractivity contribution in [2.24, 2.45) is 5.92 Å². The number of aliphatic hydroxyl groups excluding tert-OH is 1. The van der Waals surface area contributed by atoms with Crippen LogP contribution in [-0.4, -0.2) is 41.6 Å². The van der Waals surface area contributed by atoms with Gasteiger partial charge in [-0.05, 0) is 75.8 Å². The monoisotopic (exact) mass is 538 g/mol. The van der Waals surface area contributed by atoms with E-state index in [1.54, 1.807) is 32.9 Å². The fourth-order valence-corrected chi connectivity index (χ4v) is 4.45. The predicted molar refractivity (Wildman–Crippen MR) is 146 cm³/mol. The molecule has 1 fully saturated rings. The molecule has 0 unspecified atom stereocenters. The Bertz CT molecular complexity index is 1160. The van der Waals surface area contributed by atoms with Gasteiger partial charge in [0.15, 0.2) is 0 Å². The smallest absolute Gasteiger partial charge is 0.415 e. The summed E-state index contributed by atoms with van der Waals surface area (Å²) in [5.41, 5.74) is 3.85. The summed E-state index contributed by atoms with van der Waals surface area (Å²) in [5.74, 6) is -1.91. The van der Waals surface area contributed by atoms with Gasteiger partial charge >= 0.3 is 12.1 Å². The predicted octanol–water partition coefficient (Wildman–Crippen LogP) is 5.30. The lowest BCUT2D eigenvalue weighted by molar-refractivity contribution is -0.154. The van der Waals surface area contributed by atoms with Crippen molar-refractivity contribution in [3.05, 3.63) is 64.7 Å². The number of ether oxygens (including phenoxy) is 1. The first-order valence-corrected chi connectivity index (χ1v) is 13.3. The zero-order valence-corrected chi connectivity index (χ0v) is 23.1. The molecule has 2 aromatic carbocycles. The number of hydrogen-bond donors (Lipinski definition) is 2. The van der Waals surface area contributed by atoms with Crippen molar-refractivity contribution in [2.45, 2.75) is 77.9 Å². The third kappa shape index (κ3) is 8.38.